The van der Waals surface area contributed by atoms with Crippen molar-refractivity contribution < 1.29 is 23.0 Å². The Morgan fingerprint density at radius 3 is 2.72 bits per heavy atom. The molecule has 25 heavy (non-hydrogen) atoms. The molecule has 0 amide bonds. The molecular formula is C19H18F2O3S. The summed E-state index contributed by atoms with van der Waals surface area (Å²) in [6, 6.07) is 11.8. The van der Waals surface area contributed by atoms with Crippen molar-refractivity contribution in [3.8, 4) is 11.5 Å². The van der Waals surface area contributed by atoms with E-state index in [9.17, 15) is 13.6 Å². The number of alkyl halides is 2. The van der Waals surface area contributed by atoms with E-state index >= 15 is 0 Å². The van der Waals surface area contributed by atoms with Gasteiger partial charge in [-0.3, -0.25) is 4.79 Å². The van der Waals surface area contributed by atoms with E-state index in [4.69, 9.17) is 9.47 Å². The second-order valence-electron chi connectivity index (χ2n) is 4.95. The molecule has 0 saturated carbocycles. The molecule has 0 aromatic heterocycles. The zero-order valence-corrected chi connectivity index (χ0v) is 14.7. The molecule has 2 aromatic rings. The van der Waals surface area contributed by atoms with Gasteiger partial charge in [0.15, 0.2) is 5.78 Å². The minimum absolute atomic E-state index is 0.242. The van der Waals surface area contributed by atoms with E-state index in [2.05, 4.69) is 0 Å². The van der Waals surface area contributed by atoms with Crippen molar-refractivity contribution in [3.63, 3.8) is 0 Å². The minimum atomic E-state index is -2.55. The van der Waals surface area contributed by atoms with Crippen LogP contribution < -0.4 is 9.47 Å². The third-order valence-electron chi connectivity index (χ3n) is 3.26. The van der Waals surface area contributed by atoms with Gasteiger partial charge in [0, 0.05) is 5.56 Å². The molecule has 2 aromatic carbocycles. The number of ether oxygens (including phenoxy) is 2. The smallest absolute Gasteiger partial charge is 0.289 e. The van der Waals surface area contributed by atoms with Crippen LogP contribution in [0.5, 0.6) is 11.5 Å². The number of carbonyl (C=O) groups is 1. The Bertz CT molecular complexity index is 760. The lowest BCUT2D eigenvalue weighted by atomic mass is 10.1. The fourth-order valence-corrected chi connectivity index (χ4v) is 2.75. The van der Waals surface area contributed by atoms with Crippen molar-refractivity contribution in [1.29, 1.82) is 0 Å². The highest BCUT2D eigenvalue weighted by molar-refractivity contribution is 7.99. The van der Waals surface area contributed by atoms with Crippen molar-refractivity contribution >= 4 is 23.6 Å². The number of benzene rings is 2. The van der Waals surface area contributed by atoms with Gasteiger partial charge in [-0.25, -0.2) is 0 Å². The zero-order chi connectivity index (χ0) is 18.2. The molecule has 2 rings (SSSR count). The van der Waals surface area contributed by atoms with Crippen LogP contribution in [0.4, 0.5) is 8.78 Å². The maximum absolute atomic E-state index is 12.5. The molecule has 0 N–H and O–H groups in total. The molecule has 0 spiro atoms. The normalized spacial score (nSPS) is 11.1. The van der Waals surface area contributed by atoms with Crippen LogP contribution in [0.25, 0.3) is 6.08 Å². The third kappa shape index (κ3) is 5.60. The molecule has 0 radical (unpaired) electrons. The van der Waals surface area contributed by atoms with Gasteiger partial charge in [0.1, 0.15) is 11.5 Å². The summed E-state index contributed by atoms with van der Waals surface area (Å²) in [6.45, 7) is 2.46. The Balaban J connectivity index is 2.16. The highest BCUT2D eigenvalue weighted by Gasteiger charge is 2.13. The predicted molar refractivity (Wildman–Crippen MR) is 95.8 cm³/mol. The van der Waals surface area contributed by atoms with Crippen LogP contribution in [0.2, 0.25) is 0 Å². The van der Waals surface area contributed by atoms with Gasteiger partial charge < -0.3 is 9.47 Å². The van der Waals surface area contributed by atoms with E-state index in [1.54, 1.807) is 6.08 Å². The van der Waals surface area contributed by atoms with Crippen LogP contribution in [0.3, 0.4) is 0 Å². The molecule has 0 heterocycles. The maximum atomic E-state index is 12.5. The number of allylic oxidation sites excluding steroid dienone is 1. The second-order valence-corrected chi connectivity index (χ2v) is 5.98. The number of hydrogen-bond donors (Lipinski definition) is 0. The first-order chi connectivity index (χ1) is 12.0. The van der Waals surface area contributed by atoms with Gasteiger partial charge in [0.25, 0.3) is 5.76 Å². The second kappa shape index (κ2) is 9.22. The van der Waals surface area contributed by atoms with E-state index in [0.29, 0.717) is 28.8 Å². The van der Waals surface area contributed by atoms with Gasteiger partial charge in [-0.1, -0.05) is 30.0 Å². The lowest BCUT2D eigenvalue weighted by molar-refractivity contribution is 0.104. The fourth-order valence-electron chi connectivity index (χ4n) is 2.16. The molecule has 0 aliphatic rings. The first-order valence-electron chi connectivity index (χ1n) is 7.61. The Morgan fingerprint density at radius 1 is 1.24 bits per heavy atom. The number of thioether (sulfide) groups is 1. The number of hydrogen-bond acceptors (Lipinski definition) is 4. The Kier molecular flexibility index (Phi) is 7.01. The molecule has 0 aliphatic heterocycles. The van der Waals surface area contributed by atoms with Crippen molar-refractivity contribution in [1.82, 2.24) is 0 Å². The quantitative estimate of drug-likeness (QED) is 0.361. The largest absolute Gasteiger partial charge is 0.496 e. The molecule has 3 nitrogen and oxygen atoms in total. The van der Waals surface area contributed by atoms with Crippen LogP contribution >= 0.6 is 11.8 Å². The summed E-state index contributed by atoms with van der Waals surface area (Å²) in [6.07, 6.45) is 3.11. The monoisotopic (exact) mass is 364 g/mol. The standard InChI is InChI=1S/C19H18F2O3S/c1-3-24-15-6-4-5-13(11-15)7-9-16(22)14-8-10-18(25-19(20)21)17(12-14)23-2/h4-12,19H,3H2,1-2H3/b9-7+. The molecule has 0 atom stereocenters. The first-order valence-corrected chi connectivity index (χ1v) is 8.49. The van der Waals surface area contributed by atoms with Gasteiger partial charge >= 0.3 is 0 Å². The number of ketones is 1. The van der Waals surface area contributed by atoms with Crippen molar-refractivity contribution in [2.75, 3.05) is 13.7 Å². The molecule has 0 unspecified atom stereocenters. The Labute approximate surface area is 149 Å². The van der Waals surface area contributed by atoms with Crippen LogP contribution in [0.1, 0.15) is 22.8 Å². The van der Waals surface area contributed by atoms with Gasteiger partial charge in [-0.15, -0.1) is 0 Å². The highest BCUT2D eigenvalue weighted by Crippen LogP contribution is 2.34. The van der Waals surface area contributed by atoms with E-state index in [0.717, 1.165) is 11.3 Å². The minimum Gasteiger partial charge on any atom is -0.496 e. The fraction of sp³-hybridized carbons (Fsp3) is 0.211. The molecular weight excluding hydrogens is 346 g/mol. The number of halogens is 2. The summed E-state index contributed by atoms with van der Waals surface area (Å²) in [5.41, 5.74) is 1.20. The van der Waals surface area contributed by atoms with E-state index < -0.39 is 5.76 Å². The summed E-state index contributed by atoms with van der Waals surface area (Å²) in [5, 5.41) is 0. The zero-order valence-electron chi connectivity index (χ0n) is 13.9. The molecule has 0 bridgehead atoms. The molecule has 132 valence electrons. The molecule has 0 aliphatic carbocycles. The topological polar surface area (TPSA) is 35.5 Å². The number of methoxy groups -OCH3 is 1. The van der Waals surface area contributed by atoms with Crippen LogP contribution in [-0.4, -0.2) is 25.3 Å². The van der Waals surface area contributed by atoms with Crippen LogP contribution in [0, 0.1) is 0 Å². The van der Waals surface area contributed by atoms with Crippen molar-refractivity contribution in [2.45, 2.75) is 17.6 Å². The SMILES string of the molecule is CCOc1cccc(/C=C/C(=O)c2ccc(SC(F)F)c(OC)c2)c1. The van der Waals surface area contributed by atoms with Gasteiger partial charge in [-0.2, -0.15) is 8.78 Å². The highest BCUT2D eigenvalue weighted by atomic mass is 32.2. The van der Waals surface area contributed by atoms with Crippen molar-refractivity contribution in [2.24, 2.45) is 0 Å². The van der Waals surface area contributed by atoms with E-state index in [1.165, 1.54) is 31.4 Å². The summed E-state index contributed by atoms with van der Waals surface area (Å²) < 4.78 is 35.5. The van der Waals surface area contributed by atoms with Crippen LogP contribution in [0.15, 0.2) is 53.4 Å². The Morgan fingerprint density at radius 2 is 2.04 bits per heavy atom. The van der Waals surface area contributed by atoms with Crippen molar-refractivity contribution in [3.05, 3.63) is 59.7 Å². The summed E-state index contributed by atoms with van der Waals surface area (Å²) in [4.78, 5) is 12.6. The third-order valence-corrected chi connectivity index (χ3v) is 4.03. The average Bonchev–Trinajstić information content (AvgIpc) is 2.60. The van der Waals surface area contributed by atoms with E-state index in [1.807, 2.05) is 31.2 Å². The number of rotatable bonds is 8. The molecule has 0 fully saturated rings. The maximum Gasteiger partial charge on any atom is 0.289 e. The Hall–Kier alpha value is -2.34. The first kappa shape index (κ1) is 19.0. The molecule has 0 saturated heterocycles. The van der Waals surface area contributed by atoms with Gasteiger partial charge in [0.05, 0.1) is 18.6 Å². The van der Waals surface area contributed by atoms with Gasteiger partial charge in [-0.05, 0) is 48.9 Å². The summed E-state index contributed by atoms with van der Waals surface area (Å²) in [7, 11) is 1.38. The van der Waals surface area contributed by atoms with E-state index in [-0.39, 0.29) is 11.5 Å². The summed E-state index contributed by atoms with van der Waals surface area (Å²) >= 11 is 0.385. The van der Waals surface area contributed by atoms with Gasteiger partial charge in [0.2, 0.25) is 0 Å². The average molecular weight is 364 g/mol. The number of carbonyl (C=O) groups excluding carboxylic acids is 1. The lowest BCUT2D eigenvalue weighted by Crippen LogP contribution is -1.97. The molecule has 6 heteroatoms. The summed E-state index contributed by atoms with van der Waals surface area (Å²) in [5.74, 6) is -1.81. The lowest BCUT2D eigenvalue weighted by Gasteiger charge is -2.08. The van der Waals surface area contributed by atoms with Crippen LogP contribution in [-0.2, 0) is 0 Å². The predicted octanol–water partition coefficient (Wildman–Crippen LogP) is 5.30.